The first kappa shape index (κ1) is 18.5. The van der Waals surface area contributed by atoms with Gasteiger partial charge in [-0.05, 0) is 55.7 Å². The van der Waals surface area contributed by atoms with Crippen LogP contribution in [0.25, 0.3) is 0 Å². The summed E-state index contributed by atoms with van der Waals surface area (Å²) in [5.41, 5.74) is 1.81. The predicted molar refractivity (Wildman–Crippen MR) is 102 cm³/mol. The SMILES string of the molecule is CC(C)(NCC(=O)NCCc1ccc(Cl)cc1)c1ccc2c(c1)OCO2. The highest BCUT2D eigenvalue weighted by Crippen LogP contribution is 2.35. The lowest BCUT2D eigenvalue weighted by Crippen LogP contribution is -2.43. The molecule has 2 aromatic carbocycles. The van der Waals surface area contributed by atoms with Crippen LogP contribution >= 0.6 is 11.6 Å². The van der Waals surface area contributed by atoms with Gasteiger partial charge in [0.1, 0.15) is 0 Å². The van der Waals surface area contributed by atoms with Crippen molar-refractivity contribution in [2.75, 3.05) is 19.9 Å². The van der Waals surface area contributed by atoms with Crippen molar-refractivity contribution in [1.82, 2.24) is 10.6 Å². The summed E-state index contributed by atoms with van der Waals surface area (Å²) in [6.07, 6.45) is 0.772. The van der Waals surface area contributed by atoms with Gasteiger partial charge in [0.05, 0.1) is 6.54 Å². The lowest BCUT2D eigenvalue weighted by atomic mass is 9.94. The molecule has 0 fully saturated rings. The van der Waals surface area contributed by atoms with Crippen molar-refractivity contribution >= 4 is 17.5 Å². The zero-order valence-electron chi connectivity index (χ0n) is 15.0. The number of carbonyl (C=O) groups is 1. The molecule has 2 N–H and O–H groups in total. The van der Waals surface area contributed by atoms with Gasteiger partial charge < -0.3 is 14.8 Å². The van der Waals surface area contributed by atoms with E-state index >= 15 is 0 Å². The van der Waals surface area contributed by atoms with Crippen molar-refractivity contribution in [3.8, 4) is 11.5 Å². The van der Waals surface area contributed by atoms with Crippen LogP contribution in [0.3, 0.4) is 0 Å². The van der Waals surface area contributed by atoms with Gasteiger partial charge in [-0.3, -0.25) is 10.1 Å². The molecule has 138 valence electrons. The second kappa shape index (κ2) is 7.98. The molecule has 1 heterocycles. The Morgan fingerprint density at radius 2 is 1.85 bits per heavy atom. The van der Waals surface area contributed by atoms with Crippen LogP contribution in [0.5, 0.6) is 11.5 Å². The highest BCUT2D eigenvalue weighted by Gasteiger charge is 2.24. The Bertz CT molecular complexity index is 775. The van der Waals surface area contributed by atoms with Crippen LogP contribution in [0, 0.1) is 0 Å². The summed E-state index contributed by atoms with van der Waals surface area (Å²) < 4.78 is 10.8. The van der Waals surface area contributed by atoms with E-state index < -0.39 is 0 Å². The first-order chi connectivity index (χ1) is 12.4. The van der Waals surface area contributed by atoms with Crippen LogP contribution in [-0.2, 0) is 16.8 Å². The van der Waals surface area contributed by atoms with Crippen LogP contribution in [0.4, 0.5) is 0 Å². The summed E-state index contributed by atoms with van der Waals surface area (Å²) in [7, 11) is 0. The van der Waals surface area contributed by atoms with E-state index in [0.717, 1.165) is 29.0 Å². The van der Waals surface area contributed by atoms with Crippen LogP contribution in [0.15, 0.2) is 42.5 Å². The maximum absolute atomic E-state index is 12.1. The molecule has 1 amide bonds. The van der Waals surface area contributed by atoms with Gasteiger partial charge in [-0.25, -0.2) is 0 Å². The minimum absolute atomic E-state index is 0.0345. The molecule has 26 heavy (non-hydrogen) atoms. The third kappa shape index (κ3) is 4.68. The molecular formula is C20H23ClN2O3. The monoisotopic (exact) mass is 374 g/mol. The molecular weight excluding hydrogens is 352 g/mol. The van der Waals surface area contributed by atoms with Crippen LogP contribution < -0.4 is 20.1 Å². The molecule has 6 heteroatoms. The Morgan fingerprint density at radius 3 is 2.62 bits per heavy atom. The first-order valence-corrected chi connectivity index (χ1v) is 8.98. The Balaban J connectivity index is 1.46. The van der Waals surface area contributed by atoms with E-state index in [4.69, 9.17) is 21.1 Å². The van der Waals surface area contributed by atoms with Crippen LogP contribution in [-0.4, -0.2) is 25.8 Å². The molecule has 1 aliphatic rings. The van der Waals surface area contributed by atoms with Gasteiger partial charge >= 0.3 is 0 Å². The van der Waals surface area contributed by atoms with Gasteiger partial charge in [0.25, 0.3) is 0 Å². The Labute approximate surface area is 158 Å². The van der Waals surface area contributed by atoms with E-state index in [9.17, 15) is 4.79 Å². The van der Waals surface area contributed by atoms with Gasteiger partial charge in [0.2, 0.25) is 12.7 Å². The van der Waals surface area contributed by atoms with Gasteiger partial charge in [0, 0.05) is 17.1 Å². The van der Waals surface area contributed by atoms with Crippen LogP contribution in [0.1, 0.15) is 25.0 Å². The largest absolute Gasteiger partial charge is 0.454 e. The predicted octanol–water partition coefficient (Wildman–Crippen LogP) is 3.25. The summed E-state index contributed by atoms with van der Waals surface area (Å²) in [4.78, 5) is 12.1. The molecule has 0 spiro atoms. The first-order valence-electron chi connectivity index (χ1n) is 8.60. The maximum atomic E-state index is 12.1. The number of benzene rings is 2. The minimum Gasteiger partial charge on any atom is -0.454 e. The number of fused-ring (bicyclic) bond motifs is 1. The van der Waals surface area contributed by atoms with Gasteiger partial charge in [-0.2, -0.15) is 0 Å². The van der Waals surface area contributed by atoms with E-state index in [2.05, 4.69) is 10.6 Å². The minimum atomic E-state index is -0.367. The Kier molecular flexibility index (Phi) is 5.69. The molecule has 0 atom stereocenters. The van der Waals surface area contributed by atoms with Crippen molar-refractivity contribution in [3.05, 3.63) is 58.6 Å². The molecule has 0 unspecified atom stereocenters. The number of rotatable bonds is 7. The lowest BCUT2D eigenvalue weighted by Gasteiger charge is -2.27. The van der Waals surface area contributed by atoms with E-state index in [1.54, 1.807) is 0 Å². The number of amides is 1. The van der Waals surface area contributed by atoms with E-state index in [1.807, 2.05) is 56.3 Å². The van der Waals surface area contributed by atoms with Crippen molar-refractivity contribution in [1.29, 1.82) is 0 Å². The second-order valence-electron chi connectivity index (χ2n) is 6.77. The van der Waals surface area contributed by atoms with E-state index in [-0.39, 0.29) is 24.8 Å². The van der Waals surface area contributed by atoms with Crippen LogP contribution in [0.2, 0.25) is 5.02 Å². The molecule has 1 aliphatic heterocycles. The summed E-state index contributed by atoms with van der Waals surface area (Å²) in [5.74, 6) is 1.46. The summed E-state index contributed by atoms with van der Waals surface area (Å²) in [6, 6.07) is 13.5. The average Bonchev–Trinajstić information content (AvgIpc) is 3.09. The number of carbonyl (C=O) groups excluding carboxylic acids is 1. The number of ether oxygens (including phenoxy) is 2. The topological polar surface area (TPSA) is 59.6 Å². The molecule has 0 aliphatic carbocycles. The maximum Gasteiger partial charge on any atom is 0.233 e. The molecule has 0 aromatic heterocycles. The molecule has 2 aromatic rings. The van der Waals surface area contributed by atoms with Crippen molar-refractivity contribution in [2.45, 2.75) is 25.8 Å². The Hall–Kier alpha value is -2.24. The fourth-order valence-corrected chi connectivity index (χ4v) is 2.87. The number of halogens is 1. The average molecular weight is 375 g/mol. The van der Waals surface area contributed by atoms with Crippen molar-refractivity contribution in [3.63, 3.8) is 0 Å². The third-order valence-electron chi connectivity index (χ3n) is 4.43. The molecule has 5 nitrogen and oxygen atoms in total. The van der Waals surface area contributed by atoms with Crippen molar-refractivity contribution < 1.29 is 14.3 Å². The van der Waals surface area contributed by atoms with E-state index in [1.165, 1.54) is 0 Å². The molecule has 0 bridgehead atoms. The Morgan fingerprint density at radius 1 is 1.12 bits per heavy atom. The quantitative estimate of drug-likeness (QED) is 0.781. The number of hydrogen-bond acceptors (Lipinski definition) is 4. The summed E-state index contributed by atoms with van der Waals surface area (Å²) in [5, 5.41) is 6.94. The van der Waals surface area contributed by atoms with Gasteiger partial charge in [0.15, 0.2) is 11.5 Å². The molecule has 0 saturated heterocycles. The van der Waals surface area contributed by atoms with Gasteiger partial charge in [-0.1, -0.05) is 29.8 Å². The van der Waals surface area contributed by atoms with E-state index in [0.29, 0.717) is 11.6 Å². The standard InChI is InChI=1S/C20H23ClN2O3/c1-20(2,15-5-8-17-18(11-15)26-13-25-17)23-12-19(24)22-10-9-14-3-6-16(21)7-4-14/h3-8,11,23H,9-10,12-13H2,1-2H3,(H,22,24). The van der Waals surface area contributed by atoms with Crippen molar-refractivity contribution in [2.24, 2.45) is 0 Å². The highest BCUT2D eigenvalue weighted by atomic mass is 35.5. The lowest BCUT2D eigenvalue weighted by molar-refractivity contribution is -0.120. The fourth-order valence-electron chi connectivity index (χ4n) is 2.75. The zero-order chi connectivity index (χ0) is 18.6. The fraction of sp³-hybridized carbons (Fsp3) is 0.350. The molecule has 3 rings (SSSR count). The summed E-state index contributed by atoms with van der Waals surface area (Å²) in [6.45, 7) is 5.15. The highest BCUT2D eigenvalue weighted by molar-refractivity contribution is 6.30. The number of nitrogens with one attached hydrogen (secondary N) is 2. The summed E-state index contributed by atoms with van der Waals surface area (Å²) >= 11 is 5.87. The zero-order valence-corrected chi connectivity index (χ0v) is 15.7. The molecule has 0 saturated carbocycles. The number of hydrogen-bond donors (Lipinski definition) is 2. The molecule has 0 radical (unpaired) electrons. The smallest absolute Gasteiger partial charge is 0.233 e. The van der Waals surface area contributed by atoms with Gasteiger partial charge in [-0.15, -0.1) is 0 Å². The third-order valence-corrected chi connectivity index (χ3v) is 4.69. The second-order valence-corrected chi connectivity index (χ2v) is 7.21. The normalized spacial score (nSPS) is 12.9.